The molecule has 2 aromatic carbocycles. The third-order valence-electron chi connectivity index (χ3n) is 4.46. The molecule has 0 aliphatic carbocycles. The molecule has 28 heavy (non-hydrogen) atoms. The van der Waals surface area contributed by atoms with Crippen LogP contribution in [0.4, 0.5) is 15.8 Å². The van der Waals surface area contributed by atoms with E-state index >= 15 is 0 Å². The van der Waals surface area contributed by atoms with Gasteiger partial charge in [-0.25, -0.2) is 4.39 Å². The van der Waals surface area contributed by atoms with Gasteiger partial charge in [-0.15, -0.1) is 0 Å². The van der Waals surface area contributed by atoms with Crippen molar-refractivity contribution in [2.75, 3.05) is 24.3 Å². The Bertz CT molecular complexity index is 978. The highest BCUT2D eigenvalue weighted by molar-refractivity contribution is 6.06. The van der Waals surface area contributed by atoms with E-state index in [-0.39, 0.29) is 23.8 Å². The molecule has 0 aliphatic heterocycles. The van der Waals surface area contributed by atoms with Crippen molar-refractivity contribution in [1.82, 2.24) is 9.78 Å². The van der Waals surface area contributed by atoms with E-state index in [9.17, 15) is 9.18 Å². The molecule has 0 saturated heterocycles. The van der Waals surface area contributed by atoms with Crippen molar-refractivity contribution in [3.63, 3.8) is 0 Å². The van der Waals surface area contributed by atoms with E-state index in [0.29, 0.717) is 5.69 Å². The van der Waals surface area contributed by atoms with Gasteiger partial charge in [0.15, 0.2) is 11.6 Å². The number of ether oxygens (including phenoxy) is 1. The highest BCUT2D eigenvalue weighted by Gasteiger charge is 2.14. The predicted molar refractivity (Wildman–Crippen MR) is 107 cm³/mol. The van der Waals surface area contributed by atoms with Gasteiger partial charge >= 0.3 is 0 Å². The molecule has 7 heteroatoms. The average molecular weight is 382 g/mol. The zero-order valence-electron chi connectivity index (χ0n) is 16.4. The Morgan fingerprint density at radius 2 is 2.00 bits per heavy atom. The quantitative estimate of drug-likeness (QED) is 0.705. The largest absolute Gasteiger partial charge is 0.484 e. The average Bonchev–Trinajstić information content (AvgIpc) is 2.99. The number of nitrogens with zero attached hydrogens (tertiary/aromatic N) is 3. The molecule has 0 saturated carbocycles. The van der Waals surface area contributed by atoms with Gasteiger partial charge in [-0.3, -0.25) is 9.48 Å². The number of nitrogens with one attached hydrogen (secondary N) is 1. The Hall–Kier alpha value is -3.35. The first kappa shape index (κ1) is 19.4. The number of carbonyl (C=O) groups excluding carboxylic acids is 1. The monoisotopic (exact) mass is 382 g/mol. The van der Waals surface area contributed by atoms with Crippen LogP contribution in [0.3, 0.4) is 0 Å². The summed E-state index contributed by atoms with van der Waals surface area (Å²) >= 11 is 0. The second-order valence-electron chi connectivity index (χ2n) is 6.70. The Labute approximate surface area is 163 Å². The van der Waals surface area contributed by atoms with Crippen LogP contribution in [-0.4, -0.2) is 29.8 Å². The van der Waals surface area contributed by atoms with Gasteiger partial charge in [-0.05, 0) is 42.8 Å². The Morgan fingerprint density at radius 1 is 1.25 bits per heavy atom. The fourth-order valence-corrected chi connectivity index (χ4v) is 2.85. The smallest absolute Gasteiger partial charge is 0.255 e. The molecule has 6 nitrogen and oxygen atoms in total. The van der Waals surface area contributed by atoms with E-state index in [4.69, 9.17) is 4.74 Å². The van der Waals surface area contributed by atoms with Crippen LogP contribution in [0.15, 0.2) is 48.7 Å². The van der Waals surface area contributed by atoms with E-state index in [2.05, 4.69) is 10.4 Å². The van der Waals surface area contributed by atoms with Crippen LogP contribution < -0.4 is 15.0 Å². The van der Waals surface area contributed by atoms with Gasteiger partial charge in [0, 0.05) is 26.7 Å². The number of anilines is 2. The number of aromatic nitrogens is 2. The highest BCUT2D eigenvalue weighted by Crippen LogP contribution is 2.25. The van der Waals surface area contributed by atoms with Gasteiger partial charge in [-0.1, -0.05) is 12.1 Å². The van der Waals surface area contributed by atoms with Gasteiger partial charge in [0.05, 0.1) is 23.3 Å². The number of halogens is 1. The molecule has 0 aliphatic rings. The molecule has 0 unspecified atom stereocenters. The molecule has 0 bridgehead atoms. The Morgan fingerprint density at radius 3 is 2.64 bits per heavy atom. The summed E-state index contributed by atoms with van der Waals surface area (Å²) in [5.41, 5.74) is 3.57. The lowest BCUT2D eigenvalue weighted by atomic mass is 10.1. The van der Waals surface area contributed by atoms with Crippen LogP contribution in [-0.2, 0) is 13.7 Å². The lowest BCUT2D eigenvalue weighted by Gasteiger charge is -2.17. The molecule has 1 amide bonds. The first-order valence-corrected chi connectivity index (χ1v) is 8.84. The summed E-state index contributed by atoms with van der Waals surface area (Å²) in [7, 11) is 5.59. The summed E-state index contributed by atoms with van der Waals surface area (Å²) in [6.07, 6.45) is 1.73. The van der Waals surface area contributed by atoms with E-state index in [1.54, 1.807) is 30.1 Å². The van der Waals surface area contributed by atoms with Crippen molar-refractivity contribution in [2.24, 2.45) is 7.05 Å². The lowest BCUT2D eigenvalue weighted by molar-refractivity contribution is 0.102. The number of aryl methyl sites for hydroxylation is 2. The molecule has 1 N–H and O–H groups in total. The Kier molecular flexibility index (Phi) is 5.63. The maximum Gasteiger partial charge on any atom is 0.255 e. The summed E-state index contributed by atoms with van der Waals surface area (Å²) in [6, 6.07) is 11.6. The second kappa shape index (κ2) is 8.12. The van der Waals surface area contributed by atoms with E-state index in [0.717, 1.165) is 16.9 Å². The minimum Gasteiger partial charge on any atom is -0.484 e. The zero-order chi connectivity index (χ0) is 20.3. The fourth-order valence-electron chi connectivity index (χ4n) is 2.85. The standard InChI is InChI=1S/C21H23FN4O2/c1-14-12-23-26(4)19(14)13-28-20-10-9-15(11-16(20)22)21(27)24-17-7-5-6-8-18(17)25(2)3/h5-12H,13H2,1-4H3,(H,24,27). The summed E-state index contributed by atoms with van der Waals surface area (Å²) in [6.45, 7) is 2.11. The number of carbonyl (C=O) groups is 1. The minimum absolute atomic E-state index is 0.0887. The van der Waals surface area contributed by atoms with E-state index in [1.807, 2.05) is 44.1 Å². The van der Waals surface area contributed by atoms with Crippen LogP contribution in [0.1, 0.15) is 21.6 Å². The minimum atomic E-state index is -0.589. The number of amides is 1. The number of benzene rings is 2. The highest BCUT2D eigenvalue weighted by atomic mass is 19.1. The fraction of sp³-hybridized carbons (Fsp3) is 0.238. The van der Waals surface area contributed by atoms with E-state index < -0.39 is 5.82 Å². The molecule has 0 fully saturated rings. The molecule has 1 heterocycles. The van der Waals surface area contributed by atoms with Gasteiger partial charge in [-0.2, -0.15) is 5.10 Å². The van der Waals surface area contributed by atoms with Crippen LogP contribution in [0.25, 0.3) is 0 Å². The maximum atomic E-state index is 14.5. The number of hydrogen-bond donors (Lipinski definition) is 1. The van der Waals surface area contributed by atoms with Crippen LogP contribution in [0, 0.1) is 12.7 Å². The van der Waals surface area contributed by atoms with Gasteiger partial charge in [0.1, 0.15) is 6.61 Å². The molecular weight excluding hydrogens is 359 g/mol. The van der Waals surface area contributed by atoms with Crippen LogP contribution in [0.2, 0.25) is 0 Å². The number of para-hydroxylation sites is 2. The first-order valence-electron chi connectivity index (χ1n) is 8.84. The summed E-state index contributed by atoms with van der Waals surface area (Å²) in [4.78, 5) is 14.4. The summed E-state index contributed by atoms with van der Waals surface area (Å²) < 4.78 is 21.7. The molecule has 0 spiro atoms. The third kappa shape index (κ3) is 4.14. The lowest BCUT2D eigenvalue weighted by Crippen LogP contribution is -2.17. The van der Waals surface area contributed by atoms with E-state index in [1.165, 1.54) is 12.1 Å². The van der Waals surface area contributed by atoms with Gasteiger partial charge in [0.2, 0.25) is 0 Å². The number of rotatable bonds is 6. The predicted octanol–water partition coefficient (Wildman–Crippen LogP) is 3.76. The Balaban J connectivity index is 1.72. The van der Waals surface area contributed by atoms with Crippen molar-refractivity contribution < 1.29 is 13.9 Å². The molecule has 0 radical (unpaired) electrons. The molecule has 146 valence electrons. The first-order chi connectivity index (χ1) is 13.4. The summed E-state index contributed by atoms with van der Waals surface area (Å²) in [5, 5.41) is 6.96. The SMILES string of the molecule is Cc1cnn(C)c1COc1ccc(C(=O)Nc2ccccc2N(C)C)cc1F. The zero-order valence-corrected chi connectivity index (χ0v) is 16.4. The summed E-state index contributed by atoms with van der Waals surface area (Å²) in [5.74, 6) is -0.888. The van der Waals surface area contributed by atoms with Crippen molar-refractivity contribution in [3.8, 4) is 5.75 Å². The molecular formula is C21H23FN4O2. The molecule has 3 aromatic rings. The molecule has 0 atom stereocenters. The maximum absolute atomic E-state index is 14.5. The van der Waals surface area contributed by atoms with Crippen molar-refractivity contribution in [2.45, 2.75) is 13.5 Å². The second-order valence-corrected chi connectivity index (χ2v) is 6.70. The van der Waals surface area contributed by atoms with Crippen LogP contribution >= 0.6 is 0 Å². The molecule has 1 aromatic heterocycles. The third-order valence-corrected chi connectivity index (χ3v) is 4.46. The van der Waals surface area contributed by atoms with Gasteiger partial charge in [0.25, 0.3) is 5.91 Å². The van der Waals surface area contributed by atoms with Crippen molar-refractivity contribution in [1.29, 1.82) is 0 Å². The van der Waals surface area contributed by atoms with Gasteiger partial charge < -0.3 is 15.0 Å². The molecule has 3 rings (SSSR count). The van der Waals surface area contributed by atoms with Crippen molar-refractivity contribution in [3.05, 3.63) is 71.3 Å². The number of hydrogen-bond acceptors (Lipinski definition) is 4. The topological polar surface area (TPSA) is 59.4 Å². The van der Waals surface area contributed by atoms with Crippen LogP contribution in [0.5, 0.6) is 5.75 Å². The van der Waals surface area contributed by atoms with Crippen molar-refractivity contribution >= 4 is 17.3 Å². The normalized spacial score (nSPS) is 10.6.